The number of nitrogens with zero attached hydrogens (tertiary/aromatic N) is 1. The molecule has 2 N–H and O–H groups in total. The lowest BCUT2D eigenvalue weighted by atomic mass is 10.2. The maximum Gasteiger partial charge on any atom is 0.161 e. The molecule has 1 heterocycles. The third-order valence-corrected chi connectivity index (χ3v) is 3.76. The van der Waals surface area contributed by atoms with Crippen molar-refractivity contribution < 1.29 is 9.47 Å². The molecule has 1 aromatic heterocycles. The van der Waals surface area contributed by atoms with Crippen molar-refractivity contribution in [3.8, 4) is 22.1 Å². The second-order valence-electron chi connectivity index (χ2n) is 4.11. The molecule has 0 fully saturated rings. The first-order valence-electron chi connectivity index (χ1n) is 6.15. The SMILES string of the molecule is COc1ccc(-c2nc(CCCN)cs2)cc1OC. The predicted molar refractivity (Wildman–Crippen MR) is 78.0 cm³/mol. The van der Waals surface area contributed by atoms with Crippen molar-refractivity contribution >= 4 is 11.3 Å². The lowest BCUT2D eigenvalue weighted by Gasteiger charge is -2.08. The molecule has 0 radical (unpaired) electrons. The van der Waals surface area contributed by atoms with Crippen LogP contribution in [0.3, 0.4) is 0 Å². The Hall–Kier alpha value is -1.59. The number of methoxy groups -OCH3 is 2. The van der Waals surface area contributed by atoms with Gasteiger partial charge < -0.3 is 15.2 Å². The Balaban J connectivity index is 2.23. The number of hydrogen-bond donors (Lipinski definition) is 1. The van der Waals surface area contributed by atoms with E-state index in [9.17, 15) is 0 Å². The van der Waals surface area contributed by atoms with Gasteiger partial charge in [0.05, 0.1) is 19.9 Å². The molecule has 5 heteroatoms. The minimum absolute atomic E-state index is 0.698. The topological polar surface area (TPSA) is 57.4 Å². The van der Waals surface area contributed by atoms with Gasteiger partial charge in [0, 0.05) is 10.9 Å². The fourth-order valence-electron chi connectivity index (χ4n) is 1.81. The molecule has 0 spiro atoms. The molecule has 102 valence electrons. The van der Waals surface area contributed by atoms with Crippen molar-refractivity contribution in [2.45, 2.75) is 12.8 Å². The molecule has 0 saturated carbocycles. The van der Waals surface area contributed by atoms with Gasteiger partial charge in [0.2, 0.25) is 0 Å². The van der Waals surface area contributed by atoms with Crippen LogP contribution in [0.4, 0.5) is 0 Å². The standard InChI is InChI=1S/C14H18N2O2S/c1-17-12-6-5-10(8-13(12)18-2)14-16-11(9-19-14)4-3-7-15/h5-6,8-9H,3-4,7,15H2,1-2H3. The Kier molecular flexibility index (Phi) is 4.76. The van der Waals surface area contributed by atoms with Crippen molar-refractivity contribution in [3.63, 3.8) is 0 Å². The number of ether oxygens (including phenoxy) is 2. The van der Waals surface area contributed by atoms with E-state index < -0.39 is 0 Å². The van der Waals surface area contributed by atoms with Crippen LogP contribution in [0.15, 0.2) is 23.6 Å². The van der Waals surface area contributed by atoms with Crippen LogP contribution in [0.1, 0.15) is 12.1 Å². The van der Waals surface area contributed by atoms with Gasteiger partial charge in [0.25, 0.3) is 0 Å². The van der Waals surface area contributed by atoms with Gasteiger partial charge in [-0.05, 0) is 37.6 Å². The van der Waals surface area contributed by atoms with Gasteiger partial charge in [-0.15, -0.1) is 11.3 Å². The number of aromatic nitrogens is 1. The summed E-state index contributed by atoms with van der Waals surface area (Å²) in [5.74, 6) is 1.45. The van der Waals surface area contributed by atoms with Gasteiger partial charge in [0.15, 0.2) is 11.5 Å². The second-order valence-corrected chi connectivity index (χ2v) is 4.96. The summed E-state index contributed by atoms with van der Waals surface area (Å²) in [6.07, 6.45) is 1.90. The number of rotatable bonds is 6. The summed E-state index contributed by atoms with van der Waals surface area (Å²) >= 11 is 1.64. The summed E-state index contributed by atoms with van der Waals surface area (Å²) in [7, 11) is 3.27. The number of aryl methyl sites for hydroxylation is 1. The van der Waals surface area contributed by atoms with E-state index in [0.717, 1.165) is 40.6 Å². The molecule has 0 atom stereocenters. The van der Waals surface area contributed by atoms with Crippen LogP contribution in [0.2, 0.25) is 0 Å². The fourth-order valence-corrected chi connectivity index (χ4v) is 2.66. The molecule has 2 rings (SSSR count). The first-order chi connectivity index (χ1) is 9.28. The van der Waals surface area contributed by atoms with Crippen LogP contribution in [0.25, 0.3) is 10.6 Å². The van der Waals surface area contributed by atoms with Gasteiger partial charge in [0.1, 0.15) is 5.01 Å². The van der Waals surface area contributed by atoms with E-state index in [2.05, 4.69) is 10.4 Å². The summed E-state index contributed by atoms with van der Waals surface area (Å²) in [6, 6.07) is 5.84. The molecule has 0 amide bonds. The summed E-state index contributed by atoms with van der Waals surface area (Å²) in [5, 5.41) is 3.08. The van der Waals surface area contributed by atoms with Crippen LogP contribution >= 0.6 is 11.3 Å². The second kappa shape index (κ2) is 6.54. The maximum absolute atomic E-state index is 5.51. The Bertz CT molecular complexity index is 540. The normalized spacial score (nSPS) is 10.5. The summed E-state index contributed by atoms with van der Waals surface area (Å²) in [6.45, 7) is 0.698. The quantitative estimate of drug-likeness (QED) is 0.882. The highest BCUT2D eigenvalue weighted by Crippen LogP contribution is 2.33. The van der Waals surface area contributed by atoms with Crippen molar-refractivity contribution in [3.05, 3.63) is 29.3 Å². The summed E-state index contributed by atoms with van der Waals surface area (Å²) in [4.78, 5) is 4.62. The van der Waals surface area contributed by atoms with Crippen molar-refractivity contribution in [1.82, 2.24) is 4.98 Å². The molecule has 0 bridgehead atoms. The van der Waals surface area contributed by atoms with E-state index in [-0.39, 0.29) is 0 Å². The molecule has 0 aliphatic rings. The van der Waals surface area contributed by atoms with E-state index in [1.165, 1.54) is 0 Å². The zero-order valence-corrected chi connectivity index (χ0v) is 12.0. The maximum atomic E-state index is 5.51. The zero-order chi connectivity index (χ0) is 13.7. The molecule has 4 nitrogen and oxygen atoms in total. The molecule has 0 unspecified atom stereocenters. The van der Waals surface area contributed by atoms with Gasteiger partial charge in [-0.1, -0.05) is 0 Å². The fraction of sp³-hybridized carbons (Fsp3) is 0.357. The van der Waals surface area contributed by atoms with E-state index >= 15 is 0 Å². The molecular weight excluding hydrogens is 260 g/mol. The highest BCUT2D eigenvalue weighted by atomic mass is 32.1. The average Bonchev–Trinajstić information content (AvgIpc) is 2.93. The molecular formula is C14H18N2O2S. The zero-order valence-electron chi connectivity index (χ0n) is 11.2. The predicted octanol–water partition coefficient (Wildman–Crippen LogP) is 2.72. The van der Waals surface area contributed by atoms with Gasteiger partial charge in [-0.25, -0.2) is 4.98 Å². The molecule has 19 heavy (non-hydrogen) atoms. The monoisotopic (exact) mass is 278 g/mol. The van der Waals surface area contributed by atoms with Gasteiger partial charge in [-0.3, -0.25) is 0 Å². The lowest BCUT2D eigenvalue weighted by molar-refractivity contribution is 0.355. The minimum atomic E-state index is 0.698. The number of hydrogen-bond acceptors (Lipinski definition) is 5. The molecule has 0 aliphatic heterocycles. The van der Waals surface area contributed by atoms with E-state index in [1.54, 1.807) is 25.6 Å². The largest absolute Gasteiger partial charge is 0.493 e. The third-order valence-electron chi connectivity index (χ3n) is 2.82. The lowest BCUT2D eigenvalue weighted by Crippen LogP contribution is -2.00. The van der Waals surface area contributed by atoms with E-state index in [4.69, 9.17) is 15.2 Å². The molecule has 1 aromatic carbocycles. The van der Waals surface area contributed by atoms with Crippen molar-refractivity contribution in [1.29, 1.82) is 0 Å². The Morgan fingerprint density at radius 1 is 1.21 bits per heavy atom. The number of nitrogens with two attached hydrogens (primary N) is 1. The van der Waals surface area contributed by atoms with Crippen LogP contribution in [0.5, 0.6) is 11.5 Å². The van der Waals surface area contributed by atoms with Gasteiger partial charge >= 0.3 is 0 Å². The Morgan fingerprint density at radius 3 is 2.68 bits per heavy atom. The number of thiazole rings is 1. The van der Waals surface area contributed by atoms with E-state index in [0.29, 0.717) is 6.54 Å². The first-order valence-corrected chi connectivity index (χ1v) is 7.03. The molecule has 0 saturated heterocycles. The minimum Gasteiger partial charge on any atom is -0.493 e. The Morgan fingerprint density at radius 2 is 2.00 bits per heavy atom. The van der Waals surface area contributed by atoms with Crippen LogP contribution in [0, 0.1) is 0 Å². The molecule has 2 aromatic rings. The summed E-state index contributed by atoms with van der Waals surface area (Å²) in [5.41, 5.74) is 7.65. The molecule has 0 aliphatic carbocycles. The van der Waals surface area contributed by atoms with Crippen molar-refractivity contribution in [2.75, 3.05) is 20.8 Å². The average molecular weight is 278 g/mol. The highest BCUT2D eigenvalue weighted by molar-refractivity contribution is 7.13. The van der Waals surface area contributed by atoms with Gasteiger partial charge in [-0.2, -0.15) is 0 Å². The first kappa shape index (κ1) is 13.8. The van der Waals surface area contributed by atoms with Crippen molar-refractivity contribution in [2.24, 2.45) is 5.73 Å². The van der Waals surface area contributed by atoms with Crippen LogP contribution < -0.4 is 15.2 Å². The number of benzene rings is 1. The Labute approximate surface area is 117 Å². The highest BCUT2D eigenvalue weighted by Gasteiger charge is 2.09. The van der Waals surface area contributed by atoms with Crippen LogP contribution in [-0.2, 0) is 6.42 Å². The van der Waals surface area contributed by atoms with Crippen LogP contribution in [-0.4, -0.2) is 25.7 Å². The third kappa shape index (κ3) is 3.24. The smallest absolute Gasteiger partial charge is 0.161 e. The summed E-state index contributed by atoms with van der Waals surface area (Å²) < 4.78 is 10.5. The van der Waals surface area contributed by atoms with E-state index in [1.807, 2.05) is 18.2 Å².